The molecule has 0 bridgehead atoms. The Morgan fingerprint density at radius 2 is 1.71 bits per heavy atom. The van der Waals surface area contributed by atoms with Crippen LogP contribution in [-0.2, 0) is 0 Å². The molecule has 1 aliphatic rings. The van der Waals surface area contributed by atoms with Crippen molar-refractivity contribution in [1.82, 2.24) is 10.2 Å². The number of rotatable bonds is 4. The minimum absolute atomic E-state index is 0. The highest BCUT2D eigenvalue weighted by atomic mass is 35.5. The first-order chi connectivity index (χ1) is 10.3. The van der Waals surface area contributed by atoms with Crippen LogP contribution in [0.4, 0.5) is 17.6 Å². The van der Waals surface area contributed by atoms with E-state index < -0.39 is 24.5 Å². The lowest BCUT2D eigenvalue weighted by Crippen LogP contribution is -2.45. The predicted molar refractivity (Wildman–Crippen MR) is 93.4 cm³/mol. The maximum Gasteiger partial charge on any atom is 0.389 e. The number of piperazine rings is 1. The lowest BCUT2D eigenvalue weighted by atomic mass is 9.98. The van der Waals surface area contributed by atoms with Crippen molar-refractivity contribution in [3.8, 4) is 0 Å². The van der Waals surface area contributed by atoms with Gasteiger partial charge in [0.15, 0.2) is 0 Å². The summed E-state index contributed by atoms with van der Waals surface area (Å²) in [6, 6.07) is 1.71. The molecular formula is C14H18Cl4F4N2. The van der Waals surface area contributed by atoms with E-state index in [-0.39, 0.29) is 46.8 Å². The fraction of sp³-hybridized carbons (Fsp3) is 0.571. The van der Waals surface area contributed by atoms with Crippen molar-refractivity contribution in [3.05, 3.63) is 33.6 Å². The van der Waals surface area contributed by atoms with Crippen LogP contribution in [-0.4, -0.2) is 37.3 Å². The molecule has 0 saturated carbocycles. The van der Waals surface area contributed by atoms with Crippen LogP contribution in [0.25, 0.3) is 0 Å². The van der Waals surface area contributed by atoms with Crippen LogP contribution in [0.5, 0.6) is 0 Å². The summed E-state index contributed by atoms with van der Waals surface area (Å²) < 4.78 is 52.0. The molecule has 1 N–H and O–H groups in total. The van der Waals surface area contributed by atoms with Gasteiger partial charge in [-0.1, -0.05) is 23.2 Å². The average Bonchev–Trinajstić information content (AvgIpc) is 2.46. The number of nitrogens with zero attached hydrogens (tertiary/aromatic N) is 1. The number of halogens is 8. The van der Waals surface area contributed by atoms with E-state index in [1.54, 1.807) is 0 Å². The Morgan fingerprint density at radius 1 is 1.12 bits per heavy atom. The molecule has 140 valence electrons. The molecule has 0 radical (unpaired) electrons. The van der Waals surface area contributed by atoms with E-state index >= 15 is 0 Å². The summed E-state index contributed by atoms with van der Waals surface area (Å²) >= 11 is 12.0. The van der Waals surface area contributed by atoms with Crippen molar-refractivity contribution in [1.29, 1.82) is 0 Å². The Balaban J connectivity index is 0.00000264. The number of hydrogen-bond donors (Lipinski definition) is 1. The first kappa shape index (κ1) is 24.0. The zero-order chi connectivity index (χ0) is 16.3. The first-order valence-electron chi connectivity index (χ1n) is 6.94. The molecule has 1 aliphatic heterocycles. The predicted octanol–water partition coefficient (Wildman–Crippen LogP) is 5.26. The summed E-state index contributed by atoms with van der Waals surface area (Å²) in [5.41, 5.74) is 0.0558. The third kappa shape index (κ3) is 6.39. The van der Waals surface area contributed by atoms with Crippen LogP contribution in [0.2, 0.25) is 10.0 Å². The highest BCUT2D eigenvalue weighted by molar-refractivity contribution is 6.42. The van der Waals surface area contributed by atoms with Crippen LogP contribution in [0.3, 0.4) is 0 Å². The Hall–Kier alpha value is 0.0200. The van der Waals surface area contributed by atoms with Gasteiger partial charge in [0.25, 0.3) is 0 Å². The lowest BCUT2D eigenvalue weighted by Gasteiger charge is -2.36. The zero-order valence-corrected chi connectivity index (χ0v) is 15.7. The minimum Gasteiger partial charge on any atom is -0.314 e. The maximum atomic E-state index is 14.2. The summed E-state index contributed by atoms with van der Waals surface area (Å²) in [6.45, 7) is 2.35. The van der Waals surface area contributed by atoms with Crippen molar-refractivity contribution >= 4 is 48.0 Å². The molecule has 2 nitrogen and oxygen atoms in total. The van der Waals surface area contributed by atoms with Crippen molar-refractivity contribution in [2.45, 2.75) is 25.1 Å². The quantitative estimate of drug-likeness (QED) is 0.516. The van der Waals surface area contributed by atoms with E-state index in [9.17, 15) is 17.6 Å². The maximum absolute atomic E-state index is 14.2. The Kier molecular flexibility index (Phi) is 10.2. The van der Waals surface area contributed by atoms with Crippen LogP contribution in [0.1, 0.15) is 24.4 Å². The Morgan fingerprint density at radius 3 is 2.25 bits per heavy atom. The van der Waals surface area contributed by atoms with Gasteiger partial charge in [-0.2, -0.15) is 13.2 Å². The molecule has 1 aromatic carbocycles. The molecule has 2 rings (SSSR count). The van der Waals surface area contributed by atoms with Gasteiger partial charge in [0.1, 0.15) is 5.82 Å². The molecule has 0 unspecified atom stereocenters. The van der Waals surface area contributed by atoms with Crippen LogP contribution >= 0.6 is 48.0 Å². The fourth-order valence-electron chi connectivity index (χ4n) is 2.65. The molecular weight excluding hydrogens is 414 g/mol. The minimum atomic E-state index is -4.30. The first-order valence-corrected chi connectivity index (χ1v) is 7.70. The van der Waals surface area contributed by atoms with Crippen LogP contribution in [0.15, 0.2) is 12.1 Å². The van der Waals surface area contributed by atoms with Gasteiger partial charge in [0.2, 0.25) is 0 Å². The number of alkyl halides is 3. The van der Waals surface area contributed by atoms with Crippen LogP contribution < -0.4 is 5.32 Å². The third-order valence-electron chi connectivity index (χ3n) is 3.71. The number of benzene rings is 1. The molecule has 0 aliphatic carbocycles. The molecule has 24 heavy (non-hydrogen) atoms. The molecule has 0 aromatic heterocycles. The smallest absolute Gasteiger partial charge is 0.314 e. The normalized spacial score (nSPS) is 16.9. The number of hydrogen-bond acceptors (Lipinski definition) is 2. The van der Waals surface area contributed by atoms with Crippen LogP contribution in [0, 0.1) is 5.82 Å². The second-order valence-electron chi connectivity index (χ2n) is 5.21. The van der Waals surface area contributed by atoms with Gasteiger partial charge in [-0.15, -0.1) is 24.8 Å². The van der Waals surface area contributed by atoms with Gasteiger partial charge in [-0.25, -0.2) is 4.39 Å². The molecule has 1 saturated heterocycles. The third-order valence-corrected chi connectivity index (χ3v) is 4.53. The summed E-state index contributed by atoms with van der Waals surface area (Å²) in [6.07, 6.45) is -5.54. The Bertz CT molecular complexity index is 522. The average molecular weight is 432 g/mol. The Labute approximate surface area is 160 Å². The molecule has 1 atom stereocenters. The second-order valence-corrected chi connectivity index (χ2v) is 6.00. The second kappa shape index (κ2) is 10.2. The highest BCUT2D eigenvalue weighted by Gasteiger charge is 2.33. The zero-order valence-electron chi connectivity index (χ0n) is 12.5. The molecule has 1 heterocycles. The summed E-state index contributed by atoms with van der Waals surface area (Å²) in [7, 11) is 0. The summed E-state index contributed by atoms with van der Waals surface area (Å²) in [5.74, 6) is -0.625. The van der Waals surface area contributed by atoms with Gasteiger partial charge in [0.05, 0.1) is 10.0 Å². The van der Waals surface area contributed by atoms with Gasteiger partial charge in [0, 0.05) is 44.2 Å². The largest absolute Gasteiger partial charge is 0.389 e. The molecule has 0 amide bonds. The highest BCUT2D eigenvalue weighted by Crippen LogP contribution is 2.39. The van der Waals surface area contributed by atoms with E-state index in [1.807, 2.05) is 4.90 Å². The topological polar surface area (TPSA) is 15.3 Å². The molecule has 10 heteroatoms. The SMILES string of the molecule is Cl.Cl.Fc1ccc(Cl)c(Cl)c1[C@H](CCC(F)(F)F)N1CCNCC1. The molecule has 1 aromatic rings. The van der Waals surface area contributed by atoms with Crippen molar-refractivity contribution in [2.24, 2.45) is 0 Å². The van der Waals surface area contributed by atoms with Crippen molar-refractivity contribution in [3.63, 3.8) is 0 Å². The van der Waals surface area contributed by atoms with Gasteiger partial charge < -0.3 is 5.32 Å². The molecule has 0 spiro atoms. The van der Waals surface area contributed by atoms with Gasteiger partial charge >= 0.3 is 6.18 Å². The lowest BCUT2D eigenvalue weighted by molar-refractivity contribution is -0.138. The fourth-order valence-corrected chi connectivity index (χ4v) is 3.10. The van der Waals surface area contributed by atoms with E-state index in [0.29, 0.717) is 26.2 Å². The summed E-state index contributed by atoms with van der Waals surface area (Å²) in [5, 5.41) is 3.25. The van der Waals surface area contributed by atoms with E-state index in [2.05, 4.69) is 5.32 Å². The van der Waals surface area contributed by atoms with E-state index in [4.69, 9.17) is 23.2 Å². The van der Waals surface area contributed by atoms with Gasteiger partial charge in [-0.3, -0.25) is 4.90 Å². The standard InChI is InChI=1S/C14H16Cl2F4N2.2ClH/c15-9-1-2-10(17)12(13(9)16)11(3-4-14(18,19)20)22-7-5-21-6-8-22;;/h1-2,11,21H,3-8H2;2*1H/t11-;;/m0../s1. The number of nitrogens with one attached hydrogen (secondary N) is 1. The van der Waals surface area contributed by atoms with E-state index in [1.165, 1.54) is 6.07 Å². The molecule has 1 fully saturated rings. The van der Waals surface area contributed by atoms with Crippen molar-refractivity contribution in [2.75, 3.05) is 26.2 Å². The van der Waals surface area contributed by atoms with Gasteiger partial charge in [-0.05, 0) is 18.6 Å². The monoisotopic (exact) mass is 430 g/mol. The summed E-state index contributed by atoms with van der Waals surface area (Å²) in [4.78, 5) is 1.82. The van der Waals surface area contributed by atoms with E-state index in [0.717, 1.165) is 6.07 Å². The van der Waals surface area contributed by atoms with Crippen molar-refractivity contribution < 1.29 is 17.6 Å².